The molecule has 1 aliphatic carbocycles. The summed E-state index contributed by atoms with van der Waals surface area (Å²) in [6.45, 7) is 0. The molecule has 4 nitrogen and oxygen atoms in total. The van der Waals surface area contributed by atoms with Crippen LogP contribution in [-0.4, -0.2) is 22.1 Å². The normalized spacial score (nSPS) is 25.4. The maximum atomic E-state index is 13.3. The van der Waals surface area contributed by atoms with Gasteiger partial charge in [-0.15, -0.1) is 0 Å². The molecule has 1 saturated carbocycles. The minimum Gasteiger partial charge on any atom is -0.365 e. The average molecular weight is 245 g/mol. The van der Waals surface area contributed by atoms with Crippen molar-refractivity contribution in [3.05, 3.63) is 17.3 Å². The quantitative estimate of drug-likeness (QED) is 0.781. The molecule has 0 unspecified atom stereocenters. The molecular weight excluding hydrogens is 231 g/mol. The third kappa shape index (κ3) is 2.80. The van der Waals surface area contributed by atoms with E-state index in [0.717, 1.165) is 31.9 Å². The van der Waals surface area contributed by atoms with E-state index >= 15 is 0 Å². The van der Waals surface area contributed by atoms with Crippen LogP contribution < -0.4 is 11.1 Å². The fourth-order valence-corrected chi connectivity index (χ4v) is 2.04. The second-order valence-corrected chi connectivity index (χ2v) is 4.43. The minimum atomic E-state index is -0.473. The fraction of sp³-hybridized carbons (Fsp3) is 0.600. The Morgan fingerprint density at radius 1 is 1.38 bits per heavy atom. The van der Waals surface area contributed by atoms with Crippen molar-refractivity contribution in [2.24, 2.45) is 5.73 Å². The van der Waals surface area contributed by atoms with Crippen molar-refractivity contribution in [1.29, 1.82) is 0 Å². The molecule has 0 atom stereocenters. The number of rotatable bonds is 2. The summed E-state index contributed by atoms with van der Waals surface area (Å²) < 4.78 is 13.3. The van der Waals surface area contributed by atoms with E-state index in [2.05, 4.69) is 15.3 Å². The first-order valence-electron chi connectivity index (χ1n) is 5.35. The molecule has 0 amide bonds. The van der Waals surface area contributed by atoms with Crippen LogP contribution in [-0.2, 0) is 0 Å². The molecule has 1 heterocycles. The molecule has 1 fully saturated rings. The zero-order valence-electron chi connectivity index (χ0n) is 8.79. The third-order valence-corrected chi connectivity index (χ3v) is 3.01. The lowest BCUT2D eigenvalue weighted by molar-refractivity contribution is 0.409. The highest BCUT2D eigenvalue weighted by Crippen LogP contribution is 2.22. The van der Waals surface area contributed by atoms with Crippen molar-refractivity contribution in [1.82, 2.24) is 9.97 Å². The van der Waals surface area contributed by atoms with Crippen molar-refractivity contribution in [3.63, 3.8) is 0 Å². The Balaban J connectivity index is 2.00. The number of anilines is 1. The van der Waals surface area contributed by atoms with E-state index in [1.165, 1.54) is 0 Å². The number of nitrogens with zero attached hydrogens (tertiary/aromatic N) is 2. The summed E-state index contributed by atoms with van der Waals surface area (Å²) in [6, 6.07) is 0.497. The van der Waals surface area contributed by atoms with Gasteiger partial charge in [-0.3, -0.25) is 0 Å². The molecule has 3 N–H and O–H groups in total. The number of halogens is 2. The second-order valence-electron chi connectivity index (χ2n) is 4.09. The van der Waals surface area contributed by atoms with Gasteiger partial charge in [-0.05, 0) is 37.3 Å². The highest BCUT2D eigenvalue weighted by Gasteiger charge is 2.19. The summed E-state index contributed by atoms with van der Waals surface area (Å²) >= 11 is 5.61. The lowest BCUT2D eigenvalue weighted by Gasteiger charge is -2.27. The molecule has 2 rings (SSSR count). The maximum Gasteiger partial charge on any atom is 0.224 e. The van der Waals surface area contributed by atoms with Gasteiger partial charge in [0.15, 0.2) is 11.6 Å². The number of aromatic nitrogens is 2. The van der Waals surface area contributed by atoms with Crippen molar-refractivity contribution in [2.45, 2.75) is 37.8 Å². The lowest BCUT2D eigenvalue weighted by atomic mass is 9.92. The lowest BCUT2D eigenvalue weighted by Crippen LogP contribution is -2.33. The van der Waals surface area contributed by atoms with E-state index in [1.54, 1.807) is 0 Å². The smallest absolute Gasteiger partial charge is 0.224 e. The second kappa shape index (κ2) is 4.93. The van der Waals surface area contributed by atoms with Gasteiger partial charge in [0, 0.05) is 12.1 Å². The van der Waals surface area contributed by atoms with Crippen LogP contribution in [0.1, 0.15) is 25.7 Å². The summed E-state index contributed by atoms with van der Waals surface area (Å²) in [5.74, 6) is -0.292. The van der Waals surface area contributed by atoms with Gasteiger partial charge in [0.05, 0.1) is 6.20 Å². The first kappa shape index (κ1) is 11.5. The molecule has 1 aromatic heterocycles. The Kier molecular flexibility index (Phi) is 3.56. The Morgan fingerprint density at radius 3 is 2.75 bits per heavy atom. The van der Waals surface area contributed by atoms with E-state index in [0.29, 0.717) is 0 Å². The SMILES string of the molecule is N[C@H]1CC[C@@H](Nc2nc(Cl)ncc2F)CC1. The van der Waals surface area contributed by atoms with Crippen LogP contribution in [0.2, 0.25) is 5.28 Å². The first-order chi connectivity index (χ1) is 7.65. The summed E-state index contributed by atoms with van der Waals surface area (Å²) in [7, 11) is 0. The summed E-state index contributed by atoms with van der Waals surface area (Å²) in [6.07, 6.45) is 4.85. The standard InChI is InChI=1S/C10H14ClFN4/c11-10-14-5-8(12)9(16-10)15-7-3-1-6(13)2-4-7/h5-7H,1-4,13H2,(H,14,15,16)/t6-,7+. The fourth-order valence-electron chi connectivity index (χ4n) is 1.90. The van der Waals surface area contributed by atoms with Crippen LogP contribution in [0.4, 0.5) is 10.2 Å². The summed E-state index contributed by atoms with van der Waals surface area (Å²) in [4.78, 5) is 7.39. The minimum absolute atomic E-state index is 0.0522. The van der Waals surface area contributed by atoms with Gasteiger partial charge in [-0.2, -0.15) is 4.98 Å². The average Bonchev–Trinajstić information content (AvgIpc) is 2.27. The molecule has 0 bridgehead atoms. The summed E-state index contributed by atoms with van der Waals surface area (Å²) in [5.41, 5.74) is 5.80. The Morgan fingerprint density at radius 2 is 2.06 bits per heavy atom. The van der Waals surface area contributed by atoms with Crippen LogP contribution in [0.5, 0.6) is 0 Å². The van der Waals surface area contributed by atoms with Crippen LogP contribution in [0, 0.1) is 5.82 Å². The molecule has 0 radical (unpaired) electrons. The summed E-state index contributed by atoms with van der Waals surface area (Å²) in [5, 5.41) is 3.10. The molecule has 0 aliphatic heterocycles. The maximum absolute atomic E-state index is 13.3. The van der Waals surface area contributed by atoms with E-state index in [9.17, 15) is 4.39 Å². The van der Waals surface area contributed by atoms with Crippen molar-refractivity contribution in [3.8, 4) is 0 Å². The molecule has 1 aromatic rings. The largest absolute Gasteiger partial charge is 0.365 e. The van der Waals surface area contributed by atoms with E-state index in [1.807, 2.05) is 0 Å². The molecule has 0 saturated heterocycles. The van der Waals surface area contributed by atoms with Gasteiger partial charge in [0.2, 0.25) is 5.28 Å². The Hall–Kier alpha value is -0.940. The predicted octanol–water partition coefficient (Wildman–Crippen LogP) is 1.95. The van der Waals surface area contributed by atoms with Gasteiger partial charge >= 0.3 is 0 Å². The van der Waals surface area contributed by atoms with Crippen molar-refractivity contribution >= 4 is 17.4 Å². The van der Waals surface area contributed by atoms with Crippen LogP contribution in [0.15, 0.2) is 6.20 Å². The van der Waals surface area contributed by atoms with Gasteiger partial charge in [0.1, 0.15) is 0 Å². The van der Waals surface area contributed by atoms with Gasteiger partial charge < -0.3 is 11.1 Å². The van der Waals surface area contributed by atoms with E-state index in [4.69, 9.17) is 17.3 Å². The van der Waals surface area contributed by atoms with Gasteiger partial charge in [-0.25, -0.2) is 9.37 Å². The van der Waals surface area contributed by atoms with Crippen LogP contribution >= 0.6 is 11.6 Å². The molecule has 16 heavy (non-hydrogen) atoms. The number of nitrogens with two attached hydrogens (primary N) is 1. The molecular formula is C10H14ClFN4. The highest BCUT2D eigenvalue weighted by atomic mass is 35.5. The van der Waals surface area contributed by atoms with E-state index < -0.39 is 5.82 Å². The molecule has 88 valence electrons. The number of nitrogens with one attached hydrogen (secondary N) is 1. The van der Waals surface area contributed by atoms with Crippen LogP contribution in [0.25, 0.3) is 0 Å². The number of hydrogen-bond donors (Lipinski definition) is 2. The number of hydrogen-bond acceptors (Lipinski definition) is 4. The Labute approximate surface area is 98.4 Å². The Bertz CT molecular complexity index is 366. The zero-order valence-corrected chi connectivity index (χ0v) is 9.54. The highest BCUT2D eigenvalue weighted by molar-refractivity contribution is 6.28. The monoisotopic (exact) mass is 244 g/mol. The molecule has 0 spiro atoms. The first-order valence-corrected chi connectivity index (χ1v) is 5.73. The third-order valence-electron chi connectivity index (χ3n) is 2.83. The molecule has 0 aromatic carbocycles. The van der Waals surface area contributed by atoms with Gasteiger partial charge in [0.25, 0.3) is 0 Å². The predicted molar refractivity (Wildman–Crippen MR) is 60.9 cm³/mol. The molecule has 6 heteroatoms. The topological polar surface area (TPSA) is 63.8 Å². The zero-order chi connectivity index (χ0) is 11.5. The van der Waals surface area contributed by atoms with E-state index in [-0.39, 0.29) is 23.2 Å². The van der Waals surface area contributed by atoms with Crippen molar-refractivity contribution < 1.29 is 4.39 Å². The van der Waals surface area contributed by atoms with Crippen molar-refractivity contribution in [2.75, 3.05) is 5.32 Å². The van der Waals surface area contributed by atoms with Gasteiger partial charge in [-0.1, -0.05) is 0 Å². The molecule has 1 aliphatic rings. The van der Waals surface area contributed by atoms with Crippen LogP contribution in [0.3, 0.4) is 0 Å².